The van der Waals surface area contributed by atoms with Crippen LogP contribution in [0.15, 0.2) is 45.6 Å². The molecule has 0 radical (unpaired) electrons. The minimum atomic E-state index is -0.594. The Morgan fingerprint density at radius 2 is 1.96 bits per heavy atom. The van der Waals surface area contributed by atoms with Gasteiger partial charge in [0.05, 0.1) is 6.61 Å². The second kappa shape index (κ2) is 8.29. The van der Waals surface area contributed by atoms with Crippen molar-refractivity contribution in [3.8, 4) is 0 Å². The Balaban J connectivity index is 2.07. The van der Waals surface area contributed by atoms with Crippen molar-refractivity contribution in [2.24, 2.45) is 0 Å². The number of carbonyl (C=O) groups is 1. The zero-order valence-corrected chi connectivity index (χ0v) is 13.4. The zero-order valence-electron chi connectivity index (χ0n) is 13.4. The summed E-state index contributed by atoms with van der Waals surface area (Å²) in [5.41, 5.74) is 1.26. The van der Waals surface area contributed by atoms with Crippen molar-refractivity contribution in [2.75, 3.05) is 20.3 Å². The van der Waals surface area contributed by atoms with E-state index in [2.05, 4.69) is 5.32 Å². The van der Waals surface area contributed by atoms with Crippen molar-refractivity contribution in [1.82, 2.24) is 5.32 Å². The molecule has 0 atom stereocenters. The Morgan fingerprint density at radius 3 is 2.61 bits per heavy atom. The van der Waals surface area contributed by atoms with E-state index in [9.17, 15) is 9.59 Å². The summed E-state index contributed by atoms with van der Waals surface area (Å²) in [5, 5.41) is 2.63. The van der Waals surface area contributed by atoms with E-state index in [1.165, 1.54) is 5.56 Å². The first-order valence-electron chi connectivity index (χ1n) is 7.56. The molecule has 1 amide bonds. The van der Waals surface area contributed by atoms with Crippen molar-refractivity contribution in [3.63, 3.8) is 0 Å². The Morgan fingerprint density at radius 1 is 1.22 bits per heavy atom. The molecule has 1 N–H and O–H groups in total. The van der Waals surface area contributed by atoms with E-state index in [0.717, 1.165) is 6.42 Å². The number of carbonyl (C=O) groups excluding carboxylic acids is 1. The van der Waals surface area contributed by atoms with Crippen LogP contribution in [0.1, 0.15) is 27.2 Å². The van der Waals surface area contributed by atoms with Crippen molar-refractivity contribution in [3.05, 3.63) is 69.3 Å². The van der Waals surface area contributed by atoms with Crippen LogP contribution in [0.25, 0.3) is 0 Å². The predicted octanol–water partition coefficient (Wildman–Crippen LogP) is 2.11. The Hall–Kier alpha value is -2.40. The molecule has 0 spiro atoms. The third-order valence-corrected chi connectivity index (χ3v) is 3.52. The number of hydrogen-bond acceptors (Lipinski definition) is 4. The summed E-state index contributed by atoms with van der Waals surface area (Å²) in [6, 6.07) is 11.7. The quantitative estimate of drug-likeness (QED) is 0.795. The van der Waals surface area contributed by atoms with E-state index >= 15 is 0 Å². The summed E-state index contributed by atoms with van der Waals surface area (Å²) < 4.78 is 10.2. The number of rotatable bonds is 7. The average molecular weight is 315 g/mol. The van der Waals surface area contributed by atoms with Gasteiger partial charge in [-0.1, -0.05) is 30.3 Å². The maximum Gasteiger partial charge on any atom is 0.349 e. The van der Waals surface area contributed by atoms with E-state index in [1.54, 1.807) is 20.1 Å². The number of amides is 1. The molecule has 0 unspecified atom stereocenters. The van der Waals surface area contributed by atoms with E-state index < -0.39 is 11.5 Å². The fourth-order valence-corrected chi connectivity index (χ4v) is 2.34. The van der Waals surface area contributed by atoms with Gasteiger partial charge in [0.2, 0.25) is 0 Å². The number of nitrogens with one attached hydrogen (secondary N) is 1. The standard InChI is InChI=1S/C18H21NO4/c1-13-12-15(9-8-14-6-4-3-5-7-14)23-18(21)16(13)17(20)19-10-11-22-2/h3-7,12H,8-11H2,1-2H3,(H,19,20). The fraction of sp³-hybridized carbons (Fsp3) is 0.333. The number of aryl methyl sites for hydroxylation is 3. The SMILES string of the molecule is COCCNC(=O)c1c(C)cc(CCc2ccccc2)oc1=O. The smallest absolute Gasteiger partial charge is 0.349 e. The number of methoxy groups -OCH3 is 1. The highest BCUT2D eigenvalue weighted by Gasteiger charge is 2.16. The van der Waals surface area contributed by atoms with Crippen molar-refractivity contribution in [2.45, 2.75) is 19.8 Å². The van der Waals surface area contributed by atoms with Gasteiger partial charge in [0.25, 0.3) is 5.91 Å². The lowest BCUT2D eigenvalue weighted by molar-refractivity contribution is 0.0932. The van der Waals surface area contributed by atoms with Crippen molar-refractivity contribution < 1.29 is 13.9 Å². The van der Waals surface area contributed by atoms with Crippen LogP contribution in [0.4, 0.5) is 0 Å². The predicted molar refractivity (Wildman–Crippen MR) is 87.8 cm³/mol. The van der Waals surface area contributed by atoms with Gasteiger partial charge in [0.15, 0.2) is 0 Å². The van der Waals surface area contributed by atoms with Gasteiger partial charge in [-0.3, -0.25) is 4.79 Å². The highest BCUT2D eigenvalue weighted by atomic mass is 16.5. The largest absolute Gasteiger partial charge is 0.427 e. The summed E-state index contributed by atoms with van der Waals surface area (Å²) in [4.78, 5) is 24.1. The van der Waals surface area contributed by atoms with Gasteiger partial charge in [-0.25, -0.2) is 4.79 Å². The molecule has 0 aliphatic rings. The maximum absolute atomic E-state index is 12.1. The second-order valence-electron chi connectivity index (χ2n) is 5.29. The van der Waals surface area contributed by atoms with E-state index in [-0.39, 0.29) is 5.56 Å². The van der Waals surface area contributed by atoms with Gasteiger partial charge in [0.1, 0.15) is 11.3 Å². The Bertz CT molecular complexity index is 707. The number of hydrogen-bond donors (Lipinski definition) is 1. The van der Waals surface area contributed by atoms with Gasteiger partial charge in [-0.05, 0) is 30.5 Å². The highest BCUT2D eigenvalue weighted by Crippen LogP contribution is 2.10. The molecule has 1 aromatic heterocycles. The lowest BCUT2D eigenvalue weighted by Gasteiger charge is -2.08. The van der Waals surface area contributed by atoms with Crippen LogP contribution in [0.3, 0.4) is 0 Å². The van der Waals surface area contributed by atoms with E-state index in [0.29, 0.717) is 30.9 Å². The summed E-state index contributed by atoms with van der Waals surface area (Å²) >= 11 is 0. The van der Waals surface area contributed by atoms with Gasteiger partial charge in [0, 0.05) is 20.1 Å². The van der Waals surface area contributed by atoms with Gasteiger partial charge >= 0.3 is 5.63 Å². The third-order valence-electron chi connectivity index (χ3n) is 3.52. The van der Waals surface area contributed by atoms with Crippen LogP contribution >= 0.6 is 0 Å². The molecule has 23 heavy (non-hydrogen) atoms. The highest BCUT2D eigenvalue weighted by molar-refractivity contribution is 5.95. The van der Waals surface area contributed by atoms with E-state index in [4.69, 9.17) is 9.15 Å². The van der Waals surface area contributed by atoms with Gasteiger partial charge < -0.3 is 14.5 Å². The van der Waals surface area contributed by atoms with Gasteiger partial charge in [-0.2, -0.15) is 0 Å². The van der Waals surface area contributed by atoms with Crippen LogP contribution in [0.5, 0.6) is 0 Å². The molecule has 0 fully saturated rings. The molecule has 0 aliphatic carbocycles. The lowest BCUT2D eigenvalue weighted by Crippen LogP contribution is -2.32. The summed E-state index contributed by atoms with van der Waals surface area (Å²) in [6.45, 7) is 2.49. The molecule has 1 heterocycles. The first kappa shape index (κ1) is 17.0. The molecule has 5 heteroatoms. The van der Waals surface area contributed by atoms with Gasteiger partial charge in [-0.15, -0.1) is 0 Å². The third kappa shape index (κ3) is 4.79. The molecule has 0 bridgehead atoms. The van der Waals surface area contributed by atoms with Crippen molar-refractivity contribution in [1.29, 1.82) is 0 Å². The summed E-state index contributed by atoms with van der Waals surface area (Å²) in [7, 11) is 1.55. The van der Waals surface area contributed by atoms with E-state index in [1.807, 2.05) is 30.3 Å². The Labute approximate surface area is 135 Å². The molecule has 2 aromatic rings. The zero-order chi connectivity index (χ0) is 16.7. The van der Waals surface area contributed by atoms with Crippen LogP contribution in [0.2, 0.25) is 0 Å². The maximum atomic E-state index is 12.1. The number of benzene rings is 1. The minimum absolute atomic E-state index is 0.0598. The van der Waals surface area contributed by atoms with Crippen LogP contribution in [-0.2, 0) is 17.6 Å². The molecule has 122 valence electrons. The lowest BCUT2D eigenvalue weighted by atomic mass is 10.1. The molecule has 5 nitrogen and oxygen atoms in total. The Kier molecular flexibility index (Phi) is 6.11. The second-order valence-corrected chi connectivity index (χ2v) is 5.29. The summed E-state index contributed by atoms with van der Waals surface area (Å²) in [6.07, 6.45) is 1.40. The average Bonchev–Trinajstić information content (AvgIpc) is 2.53. The summed E-state index contributed by atoms with van der Waals surface area (Å²) in [5.74, 6) is 0.160. The molecular formula is C18H21NO4. The van der Waals surface area contributed by atoms with Crippen LogP contribution < -0.4 is 10.9 Å². The number of ether oxygens (including phenoxy) is 1. The topological polar surface area (TPSA) is 68.5 Å². The molecule has 0 saturated carbocycles. The molecule has 1 aromatic carbocycles. The first-order chi connectivity index (χ1) is 11.1. The molecule has 0 saturated heterocycles. The van der Waals surface area contributed by atoms with Crippen LogP contribution in [-0.4, -0.2) is 26.2 Å². The fourth-order valence-electron chi connectivity index (χ4n) is 2.34. The molecule has 2 rings (SSSR count). The first-order valence-corrected chi connectivity index (χ1v) is 7.56. The van der Waals surface area contributed by atoms with Crippen molar-refractivity contribution >= 4 is 5.91 Å². The normalized spacial score (nSPS) is 10.5. The minimum Gasteiger partial charge on any atom is -0.427 e. The monoisotopic (exact) mass is 315 g/mol. The molecule has 0 aliphatic heterocycles. The molecular weight excluding hydrogens is 294 g/mol. The van der Waals surface area contributed by atoms with Crippen LogP contribution in [0, 0.1) is 6.92 Å².